The zero-order valence-electron chi connectivity index (χ0n) is 8.12. The minimum absolute atomic E-state index is 0.824. The fraction of sp³-hybridized carbons (Fsp3) is 0.800. The Morgan fingerprint density at radius 2 is 1.53 bits per heavy atom. The van der Waals surface area contributed by atoms with Crippen LogP contribution in [0.5, 0.6) is 0 Å². The molecule has 0 aliphatic heterocycles. The van der Waals surface area contributed by atoms with Crippen LogP contribution in [0.25, 0.3) is 0 Å². The quantitative estimate of drug-likeness (QED) is 0.291. The number of ether oxygens (including phenoxy) is 1. The second-order valence-electron chi connectivity index (χ2n) is 2.83. The summed E-state index contributed by atoms with van der Waals surface area (Å²) >= 11 is 0. The van der Waals surface area contributed by atoms with E-state index in [1.165, 1.54) is 0 Å². The van der Waals surface area contributed by atoms with Gasteiger partial charge in [0.25, 0.3) is 20.2 Å². The summed E-state index contributed by atoms with van der Waals surface area (Å²) in [5.41, 5.74) is 0. The molecule has 0 aromatic heterocycles. The molecule has 0 amide bonds. The Morgan fingerprint density at radius 1 is 1.12 bits per heavy atom. The van der Waals surface area contributed by atoms with Crippen LogP contribution in [0.3, 0.4) is 0 Å². The molecule has 10 nitrogen and oxygen atoms in total. The monoisotopic (exact) mass is 294 g/mol. The average molecular weight is 294 g/mol. The van der Waals surface area contributed by atoms with Gasteiger partial charge in [0.15, 0.2) is 0 Å². The lowest BCUT2D eigenvalue weighted by Gasteiger charge is -2.12. The molecule has 0 bridgehead atoms. The van der Waals surface area contributed by atoms with Crippen molar-refractivity contribution in [3.63, 3.8) is 0 Å². The van der Waals surface area contributed by atoms with E-state index in [0.717, 1.165) is 0 Å². The molecule has 0 aliphatic rings. The molecule has 12 heteroatoms. The normalized spacial score (nSPS) is 14.6. The van der Waals surface area contributed by atoms with Crippen LogP contribution in [-0.2, 0) is 29.8 Å². The molecule has 0 radical (unpaired) electrons. The minimum Gasteiger partial charge on any atom is -0.461 e. The first kappa shape index (κ1) is 16.2. The number of rotatable bonds is 6. The fourth-order valence-electron chi connectivity index (χ4n) is 0.696. The highest BCUT2D eigenvalue weighted by molar-refractivity contribution is 8.05. The Kier molecular flexibility index (Phi) is 5.44. The zero-order chi connectivity index (χ0) is 13.9. The van der Waals surface area contributed by atoms with E-state index < -0.39 is 50.1 Å². The van der Waals surface area contributed by atoms with E-state index in [1.807, 2.05) is 0 Å². The van der Waals surface area contributed by atoms with Crippen LogP contribution < -0.4 is 0 Å². The van der Waals surface area contributed by atoms with Gasteiger partial charge >= 0.3 is 10.6 Å². The molecule has 0 saturated heterocycles. The van der Waals surface area contributed by atoms with E-state index in [9.17, 15) is 21.6 Å². The first-order valence-electron chi connectivity index (χ1n) is 3.88. The van der Waals surface area contributed by atoms with Crippen molar-refractivity contribution in [3.8, 4) is 0 Å². The van der Waals surface area contributed by atoms with Crippen molar-refractivity contribution in [2.24, 2.45) is 0 Å². The molecule has 0 aromatic rings. The second kappa shape index (κ2) is 5.70. The molecule has 17 heavy (non-hydrogen) atoms. The highest BCUT2D eigenvalue weighted by atomic mass is 32.3. The summed E-state index contributed by atoms with van der Waals surface area (Å²) in [5.74, 6) is -2.00. The van der Waals surface area contributed by atoms with E-state index in [2.05, 4.69) is 4.74 Å². The average Bonchev–Trinajstić information content (AvgIpc) is 2.09. The highest BCUT2D eigenvalue weighted by Crippen LogP contribution is 2.09. The molecule has 0 spiro atoms. The number of aliphatic hydroxyl groups excluding tert-OH is 2. The molecule has 0 fully saturated rings. The summed E-state index contributed by atoms with van der Waals surface area (Å²) in [6, 6.07) is 0. The van der Waals surface area contributed by atoms with Gasteiger partial charge in [-0.05, 0) is 0 Å². The van der Waals surface area contributed by atoms with Gasteiger partial charge in [0.05, 0.1) is 6.61 Å². The second-order valence-corrected chi connectivity index (χ2v) is 6.13. The predicted molar refractivity (Wildman–Crippen MR) is 50.9 cm³/mol. The van der Waals surface area contributed by atoms with Gasteiger partial charge < -0.3 is 14.9 Å². The third-order valence-electron chi connectivity index (χ3n) is 1.36. The fourth-order valence-corrected chi connectivity index (χ4v) is 2.55. The topological polar surface area (TPSA) is 176 Å². The van der Waals surface area contributed by atoms with Crippen LogP contribution in [-0.4, -0.2) is 66.0 Å². The summed E-state index contributed by atoms with van der Waals surface area (Å²) in [6.45, 7) is -1.73. The van der Waals surface area contributed by atoms with Crippen LogP contribution in [0.15, 0.2) is 0 Å². The SMILES string of the molecule is O=C(OCC(O)CO)C(S(=O)(=O)O)S(=O)(=O)O. The van der Waals surface area contributed by atoms with Gasteiger partial charge in [-0.3, -0.25) is 9.11 Å². The molecule has 4 N–H and O–H groups in total. The number of aliphatic hydroxyl groups is 2. The smallest absolute Gasteiger partial charge is 0.345 e. The number of hydrogen-bond acceptors (Lipinski definition) is 8. The van der Waals surface area contributed by atoms with E-state index in [0.29, 0.717) is 0 Å². The standard InChI is InChI=1S/C5H10O10S2/c6-1-3(7)2-15-4(8)5(16(9,10)11)17(12,13)14/h3,5-7H,1-2H2,(H,9,10,11)(H,12,13,14). The largest absolute Gasteiger partial charge is 0.461 e. The van der Waals surface area contributed by atoms with Gasteiger partial charge in [0.1, 0.15) is 12.7 Å². The number of carbonyl (C=O) groups excluding carboxylic acids is 1. The molecular formula is C5H10O10S2. The molecule has 102 valence electrons. The Bertz CT molecular complexity index is 429. The van der Waals surface area contributed by atoms with Crippen molar-refractivity contribution < 1.29 is 45.7 Å². The van der Waals surface area contributed by atoms with Crippen LogP contribution in [0.1, 0.15) is 0 Å². The Morgan fingerprint density at radius 3 is 1.82 bits per heavy atom. The van der Waals surface area contributed by atoms with Crippen LogP contribution in [0.2, 0.25) is 0 Å². The van der Waals surface area contributed by atoms with E-state index in [4.69, 9.17) is 19.3 Å². The maximum absolute atomic E-state index is 11.0. The highest BCUT2D eigenvalue weighted by Gasteiger charge is 2.44. The third kappa shape index (κ3) is 5.38. The summed E-state index contributed by atoms with van der Waals surface area (Å²) in [6.07, 6.45) is -1.55. The molecule has 1 unspecified atom stereocenters. The summed E-state index contributed by atoms with van der Waals surface area (Å²) < 4.78 is 59.8. The van der Waals surface area contributed by atoms with Gasteiger partial charge in [-0.1, -0.05) is 0 Å². The van der Waals surface area contributed by atoms with E-state index in [1.54, 1.807) is 0 Å². The summed E-state index contributed by atoms with van der Waals surface area (Å²) in [5, 5.41) is 17.1. The molecule has 0 heterocycles. The number of hydrogen-bond donors (Lipinski definition) is 4. The molecule has 0 saturated carbocycles. The van der Waals surface area contributed by atoms with Crippen LogP contribution in [0.4, 0.5) is 0 Å². The van der Waals surface area contributed by atoms with Crippen molar-refractivity contribution in [1.29, 1.82) is 0 Å². The number of carbonyl (C=O) groups is 1. The maximum Gasteiger partial charge on any atom is 0.345 e. The lowest BCUT2D eigenvalue weighted by Crippen LogP contribution is -2.39. The van der Waals surface area contributed by atoms with Gasteiger partial charge in [0, 0.05) is 0 Å². The zero-order valence-corrected chi connectivity index (χ0v) is 9.76. The Balaban J connectivity index is 4.95. The van der Waals surface area contributed by atoms with Crippen molar-refractivity contribution in [2.75, 3.05) is 13.2 Å². The molecule has 0 aromatic carbocycles. The lowest BCUT2D eigenvalue weighted by molar-refractivity contribution is -0.145. The van der Waals surface area contributed by atoms with Crippen molar-refractivity contribution in [2.45, 2.75) is 10.7 Å². The summed E-state index contributed by atoms with van der Waals surface area (Å²) in [4.78, 5) is 11.0. The molecule has 0 aliphatic carbocycles. The molecule has 0 rings (SSSR count). The molecular weight excluding hydrogens is 284 g/mol. The van der Waals surface area contributed by atoms with Crippen molar-refractivity contribution in [1.82, 2.24) is 0 Å². The lowest BCUT2D eigenvalue weighted by atomic mass is 10.4. The first-order chi connectivity index (χ1) is 7.50. The van der Waals surface area contributed by atoms with Crippen LogP contribution in [0, 0.1) is 0 Å². The Labute approximate surface area is 96.3 Å². The summed E-state index contributed by atoms with van der Waals surface area (Å²) in [7, 11) is -10.9. The van der Waals surface area contributed by atoms with Crippen LogP contribution >= 0.6 is 0 Å². The predicted octanol–water partition coefficient (Wildman–Crippen LogP) is -3.02. The van der Waals surface area contributed by atoms with Crippen molar-refractivity contribution in [3.05, 3.63) is 0 Å². The van der Waals surface area contributed by atoms with Gasteiger partial charge in [-0.15, -0.1) is 0 Å². The Hall–Kier alpha value is -0.790. The molecule has 1 atom stereocenters. The van der Waals surface area contributed by atoms with E-state index in [-0.39, 0.29) is 0 Å². The van der Waals surface area contributed by atoms with Gasteiger partial charge in [-0.2, -0.15) is 16.8 Å². The third-order valence-corrected chi connectivity index (χ3v) is 4.29. The van der Waals surface area contributed by atoms with Gasteiger partial charge in [0.2, 0.25) is 0 Å². The number of esters is 1. The minimum atomic E-state index is -5.43. The van der Waals surface area contributed by atoms with Gasteiger partial charge in [-0.25, -0.2) is 4.79 Å². The first-order valence-corrected chi connectivity index (χ1v) is 6.89. The van der Waals surface area contributed by atoms with Crippen molar-refractivity contribution >= 4 is 26.2 Å². The maximum atomic E-state index is 11.0. The van der Waals surface area contributed by atoms with E-state index >= 15 is 0 Å².